The van der Waals surface area contributed by atoms with Crippen LogP contribution in [0.25, 0.3) is 0 Å². The number of ketones is 2. The first-order valence-electron chi connectivity index (χ1n) is 14.9. The van der Waals surface area contributed by atoms with Crippen LogP contribution in [-0.2, 0) is 45.4 Å². The van der Waals surface area contributed by atoms with Gasteiger partial charge in [0.25, 0.3) is 0 Å². The molecule has 5 heterocycles. The second-order valence-electron chi connectivity index (χ2n) is 11.2. The van der Waals surface area contributed by atoms with Crippen molar-refractivity contribution in [2.45, 2.75) is 51.0 Å². The van der Waals surface area contributed by atoms with Gasteiger partial charge in [0.05, 0.1) is 23.2 Å². The monoisotopic (exact) mass is 620 g/mol. The van der Waals surface area contributed by atoms with Crippen LogP contribution in [0.15, 0.2) is 98.6 Å². The Bertz CT molecular complexity index is 1870. The molecular weight excluding hydrogens is 592 g/mol. The SMILES string of the molecule is O=C(c1ccccc1)c1ccc2n1CCC2C(=O)OCc1oc(=O)oc1COC(=O)C1CCn2c(C(=O)c3ccccc3)ccc21. The van der Waals surface area contributed by atoms with Crippen molar-refractivity contribution in [3.05, 3.63) is 141 Å². The van der Waals surface area contributed by atoms with E-state index in [9.17, 15) is 24.0 Å². The fourth-order valence-corrected chi connectivity index (χ4v) is 6.27. The van der Waals surface area contributed by atoms with Gasteiger partial charge in [-0.3, -0.25) is 19.2 Å². The van der Waals surface area contributed by atoms with Crippen LogP contribution in [-0.4, -0.2) is 32.6 Å². The molecule has 2 unspecified atom stereocenters. The van der Waals surface area contributed by atoms with Crippen molar-refractivity contribution in [3.8, 4) is 0 Å². The molecule has 232 valence electrons. The number of nitrogens with zero attached hydrogens (tertiary/aromatic N) is 2. The van der Waals surface area contributed by atoms with Crippen molar-refractivity contribution >= 4 is 23.5 Å². The maximum atomic E-state index is 13.1. The fourth-order valence-electron chi connectivity index (χ4n) is 6.27. The summed E-state index contributed by atoms with van der Waals surface area (Å²) in [5.41, 5.74) is 3.44. The molecule has 11 heteroatoms. The maximum Gasteiger partial charge on any atom is 0.519 e. The van der Waals surface area contributed by atoms with E-state index in [-0.39, 0.29) is 23.1 Å². The Hall–Kier alpha value is -5.71. The van der Waals surface area contributed by atoms with Crippen LogP contribution in [0.3, 0.4) is 0 Å². The Morgan fingerprint density at radius 3 is 1.43 bits per heavy atom. The summed E-state index contributed by atoms with van der Waals surface area (Å²) in [5.74, 6) is -3.71. The Balaban J connectivity index is 0.973. The van der Waals surface area contributed by atoms with Crippen molar-refractivity contribution in [2.24, 2.45) is 0 Å². The van der Waals surface area contributed by atoms with E-state index in [1.54, 1.807) is 72.8 Å². The number of benzene rings is 2. The Kier molecular flexibility index (Phi) is 7.57. The summed E-state index contributed by atoms with van der Waals surface area (Å²) in [5, 5.41) is 0. The van der Waals surface area contributed by atoms with Gasteiger partial charge in [0, 0.05) is 35.6 Å². The summed E-state index contributed by atoms with van der Waals surface area (Å²) in [6.45, 7) is 0.151. The largest absolute Gasteiger partial charge is 0.519 e. The highest BCUT2D eigenvalue weighted by molar-refractivity contribution is 6.09. The third-order valence-electron chi connectivity index (χ3n) is 8.55. The van der Waals surface area contributed by atoms with E-state index in [1.165, 1.54) is 0 Å². The van der Waals surface area contributed by atoms with E-state index in [0.717, 1.165) is 0 Å². The topological polar surface area (TPSA) is 140 Å². The molecule has 2 aromatic carbocycles. The van der Waals surface area contributed by atoms with Crippen LogP contribution in [0.5, 0.6) is 0 Å². The van der Waals surface area contributed by atoms with Gasteiger partial charge in [0.15, 0.2) is 24.7 Å². The highest BCUT2D eigenvalue weighted by Crippen LogP contribution is 2.34. The lowest BCUT2D eigenvalue weighted by Crippen LogP contribution is -2.15. The summed E-state index contributed by atoms with van der Waals surface area (Å²) in [6, 6.07) is 24.7. The molecule has 0 saturated heterocycles. The molecule has 3 aromatic heterocycles. The minimum absolute atomic E-state index is 0.0648. The van der Waals surface area contributed by atoms with Gasteiger partial charge in [0.2, 0.25) is 11.6 Å². The second-order valence-corrected chi connectivity index (χ2v) is 11.2. The van der Waals surface area contributed by atoms with Gasteiger partial charge in [-0.15, -0.1) is 0 Å². The molecular formula is C35H28N2O9. The zero-order chi connectivity index (χ0) is 31.8. The van der Waals surface area contributed by atoms with E-state index in [1.807, 2.05) is 21.3 Å². The quantitative estimate of drug-likeness (QED) is 0.160. The van der Waals surface area contributed by atoms with Crippen molar-refractivity contribution in [3.63, 3.8) is 0 Å². The summed E-state index contributed by atoms with van der Waals surface area (Å²) < 4.78 is 24.8. The molecule has 46 heavy (non-hydrogen) atoms. The van der Waals surface area contributed by atoms with Gasteiger partial charge in [-0.25, -0.2) is 4.79 Å². The number of aromatic nitrogens is 2. The number of hydrogen-bond donors (Lipinski definition) is 0. The van der Waals surface area contributed by atoms with Gasteiger partial charge in [-0.05, 0) is 37.1 Å². The number of ether oxygens (including phenoxy) is 2. The van der Waals surface area contributed by atoms with Crippen LogP contribution in [0.1, 0.15) is 79.7 Å². The second kappa shape index (κ2) is 12.0. The standard InChI is InChI=1S/C35H28N2O9/c38-31(21-7-3-1-4-8-21)27-13-11-25-23(15-17-36(25)27)33(40)43-19-29-30(46-35(42)45-29)20-44-34(41)24-16-18-37-26(24)12-14-28(37)32(39)22-9-5-2-6-10-22/h1-14,23-24H,15-20H2. The first-order chi connectivity index (χ1) is 22.4. The molecule has 0 aliphatic carbocycles. The molecule has 11 nitrogen and oxygen atoms in total. The highest BCUT2D eigenvalue weighted by Gasteiger charge is 2.35. The van der Waals surface area contributed by atoms with E-state index in [0.29, 0.717) is 59.8 Å². The summed E-state index contributed by atoms with van der Waals surface area (Å²) in [4.78, 5) is 64.0. The summed E-state index contributed by atoms with van der Waals surface area (Å²) in [6.07, 6.45) is 0.900. The summed E-state index contributed by atoms with van der Waals surface area (Å²) >= 11 is 0. The van der Waals surface area contributed by atoms with E-state index >= 15 is 0 Å². The normalized spacial score (nSPS) is 16.5. The molecule has 7 rings (SSSR count). The Morgan fingerprint density at radius 2 is 1.02 bits per heavy atom. The lowest BCUT2D eigenvalue weighted by atomic mass is 10.1. The number of hydrogen-bond acceptors (Lipinski definition) is 9. The Labute approximate surface area is 261 Å². The molecule has 0 fully saturated rings. The highest BCUT2D eigenvalue weighted by atomic mass is 16.6. The van der Waals surface area contributed by atoms with E-state index in [4.69, 9.17) is 18.3 Å². The van der Waals surface area contributed by atoms with Crippen molar-refractivity contribution in [1.82, 2.24) is 9.13 Å². The molecule has 0 bridgehead atoms. The number of esters is 2. The fraction of sp³-hybridized carbons (Fsp3) is 0.229. The predicted octanol–water partition coefficient (Wildman–Crippen LogP) is 4.76. The molecule has 0 amide bonds. The van der Waals surface area contributed by atoms with Crippen LogP contribution in [0.4, 0.5) is 0 Å². The third-order valence-corrected chi connectivity index (χ3v) is 8.55. The van der Waals surface area contributed by atoms with Gasteiger partial charge in [-0.1, -0.05) is 60.7 Å². The minimum Gasteiger partial charge on any atom is -0.457 e. The lowest BCUT2D eigenvalue weighted by Gasteiger charge is -2.10. The van der Waals surface area contributed by atoms with E-state index in [2.05, 4.69) is 0 Å². The molecule has 2 atom stereocenters. The van der Waals surface area contributed by atoms with Crippen molar-refractivity contribution < 1.29 is 37.5 Å². The number of rotatable bonds is 10. The maximum absolute atomic E-state index is 13.1. The van der Waals surface area contributed by atoms with Crippen LogP contribution in [0, 0.1) is 0 Å². The van der Waals surface area contributed by atoms with Gasteiger partial charge in [-0.2, -0.15) is 0 Å². The molecule has 2 aliphatic heterocycles. The lowest BCUT2D eigenvalue weighted by molar-refractivity contribution is -0.149. The summed E-state index contributed by atoms with van der Waals surface area (Å²) in [7, 11) is 0. The predicted molar refractivity (Wildman–Crippen MR) is 160 cm³/mol. The average Bonchev–Trinajstić information content (AvgIpc) is 3.90. The Morgan fingerprint density at radius 1 is 0.609 bits per heavy atom. The zero-order valence-electron chi connectivity index (χ0n) is 24.5. The number of carbonyl (C=O) groups excluding carboxylic acids is 4. The molecule has 0 N–H and O–H groups in total. The number of carbonyl (C=O) groups is 4. The van der Waals surface area contributed by atoms with Crippen LogP contribution < -0.4 is 5.82 Å². The smallest absolute Gasteiger partial charge is 0.457 e. The minimum atomic E-state index is -1.02. The molecule has 5 aromatic rings. The molecule has 0 radical (unpaired) electrons. The molecule has 2 aliphatic rings. The molecule has 0 spiro atoms. The number of fused-ring (bicyclic) bond motifs is 2. The zero-order valence-corrected chi connectivity index (χ0v) is 24.5. The van der Waals surface area contributed by atoms with Gasteiger partial charge < -0.3 is 27.4 Å². The third kappa shape index (κ3) is 5.29. The first-order valence-corrected chi connectivity index (χ1v) is 14.9. The average molecular weight is 621 g/mol. The van der Waals surface area contributed by atoms with Crippen LogP contribution in [0.2, 0.25) is 0 Å². The molecule has 0 saturated carbocycles. The van der Waals surface area contributed by atoms with Gasteiger partial charge in [0.1, 0.15) is 0 Å². The van der Waals surface area contributed by atoms with Crippen molar-refractivity contribution in [2.75, 3.05) is 0 Å². The van der Waals surface area contributed by atoms with Crippen LogP contribution >= 0.6 is 0 Å². The first kappa shape index (κ1) is 29.0. The van der Waals surface area contributed by atoms with Gasteiger partial charge >= 0.3 is 17.8 Å². The van der Waals surface area contributed by atoms with E-state index < -0.39 is 42.8 Å². The van der Waals surface area contributed by atoms with Crippen molar-refractivity contribution in [1.29, 1.82) is 0 Å².